The molecule has 0 bridgehead atoms. The van der Waals surface area contributed by atoms with Crippen molar-refractivity contribution in [2.45, 2.75) is 181 Å². The zero-order valence-corrected chi connectivity index (χ0v) is 32.3. The molecule has 2 aliphatic heterocycles. The lowest BCUT2D eigenvalue weighted by Crippen LogP contribution is -2.61. The molecule has 1 aromatic carbocycles. The third-order valence-corrected chi connectivity index (χ3v) is 11.3. The fourth-order valence-corrected chi connectivity index (χ4v) is 7.86. The largest absolute Gasteiger partial charge is 0.507 e. The summed E-state index contributed by atoms with van der Waals surface area (Å²) >= 11 is 0. The van der Waals surface area contributed by atoms with Crippen molar-refractivity contribution in [3.05, 3.63) is 28.8 Å². The van der Waals surface area contributed by atoms with E-state index in [1.807, 2.05) is 12.1 Å². The van der Waals surface area contributed by atoms with E-state index in [-0.39, 0.29) is 57.4 Å². The van der Waals surface area contributed by atoms with Crippen LogP contribution in [0.3, 0.4) is 0 Å². The van der Waals surface area contributed by atoms with Crippen LogP contribution in [0.1, 0.15) is 146 Å². The average Bonchev–Trinajstić information content (AvgIpc) is 2.84. The van der Waals surface area contributed by atoms with Crippen LogP contribution >= 0.6 is 0 Å². The minimum absolute atomic E-state index is 0.107. The Morgan fingerprint density at radius 1 is 0.674 bits per heavy atom. The van der Waals surface area contributed by atoms with Crippen molar-refractivity contribution in [1.29, 1.82) is 0 Å². The Hall–Kier alpha value is -2.12. The SMILES string of the molecule is CN1C(C)(C)CC(OC(=O)C(C)(Cc2cc(C(C)(C)C)c(O)c(C(C)(C)C)c2)C(=O)OC2CC(C)(C)N(C)C(C)(C)C2)CC1(C)C. The molecular weight excluding hydrogens is 576 g/mol. The Morgan fingerprint density at radius 2 is 0.957 bits per heavy atom. The van der Waals surface area contributed by atoms with Crippen LogP contribution in [0, 0.1) is 5.41 Å². The van der Waals surface area contributed by atoms with Gasteiger partial charge in [-0.15, -0.1) is 0 Å². The number of benzene rings is 1. The Labute approximate surface area is 280 Å². The molecule has 2 aliphatic rings. The average molecular weight is 643 g/mol. The first kappa shape index (κ1) is 38.3. The zero-order valence-electron chi connectivity index (χ0n) is 32.3. The predicted octanol–water partition coefficient (Wildman–Crippen LogP) is 7.93. The number of phenols is 1. The van der Waals surface area contributed by atoms with Gasteiger partial charge in [0.15, 0.2) is 5.41 Å². The van der Waals surface area contributed by atoms with Gasteiger partial charge in [0.25, 0.3) is 0 Å². The highest BCUT2D eigenvalue weighted by Gasteiger charge is 2.51. The lowest BCUT2D eigenvalue weighted by Gasteiger charge is -2.53. The second-order valence-corrected chi connectivity index (χ2v) is 19.3. The second-order valence-electron chi connectivity index (χ2n) is 19.3. The number of hydrogen-bond donors (Lipinski definition) is 1. The summed E-state index contributed by atoms with van der Waals surface area (Å²) in [6.45, 7) is 31.4. The number of nitrogens with zero attached hydrogens (tertiary/aromatic N) is 2. The van der Waals surface area contributed by atoms with Crippen LogP contribution in [-0.2, 0) is 36.3 Å². The number of esters is 2. The summed E-state index contributed by atoms with van der Waals surface area (Å²) in [4.78, 5) is 33.6. The van der Waals surface area contributed by atoms with Gasteiger partial charge in [-0.25, -0.2) is 0 Å². The summed E-state index contributed by atoms with van der Waals surface area (Å²) < 4.78 is 12.7. The lowest BCUT2D eigenvalue weighted by molar-refractivity contribution is -0.186. The van der Waals surface area contributed by atoms with E-state index in [2.05, 4.69) is 121 Å². The van der Waals surface area contributed by atoms with Crippen molar-refractivity contribution in [1.82, 2.24) is 9.80 Å². The molecule has 1 N–H and O–H groups in total. The Kier molecular flexibility index (Phi) is 10.1. The minimum atomic E-state index is -1.59. The summed E-state index contributed by atoms with van der Waals surface area (Å²) in [5.74, 6) is -0.831. The molecule has 2 fully saturated rings. The highest BCUT2D eigenvalue weighted by atomic mass is 16.6. The fourth-order valence-electron chi connectivity index (χ4n) is 7.86. The number of piperidine rings is 2. The van der Waals surface area contributed by atoms with Gasteiger partial charge in [-0.05, 0) is 110 Å². The number of rotatable bonds is 6. The number of ether oxygens (including phenoxy) is 2. The topological polar surface area (TPSA) is 79.3 Å². The van der Waals surface area contributed by atoms with E-state index in [9.17, 15) is 14.7 Å². The first-order valence-electron chi connectivity index (χ1n) is 17.2. The van der Waals surface area contributed by atoms with Crippen LogP contribution in [0.4, 0.5) is 0 Å². The third kappa shape index (κ3) is 7.77. The Bertz CT molecular complexity index is 1180. The molecule has 2 saturated heterocycles. The molecule has 0 saturated carbocycles. The van der Waals surface area contributed by atoms with Crippen LogP contribution < -0.4 is 0 Å². The van der Waals surface area contributed by atoms with Crippen molar-refractivity contribution in [3.8, 4) is 5.75 Å². The molecule has 46 heavy (non-hydrogen) atoms. The fraction of sp³-hybridized carbons (Fsp3) is 0.795. The molecule has 0 aromatic heterocycles. The van der Waals surface area contributed by atoms with Gasteiger partial charge in [0.1, 0.15) is 18.0 Å². The normalized spacial score (nSPS) is 22.8. The number of carbonyl (C=O) groups excluding carboxylic acids is 2. The zero-order chi connectivity index (χ0) is 35.6. The summed E-state index contributed by atoms with van der Waals surface area (Å²) in [5, 5.41) is 11.4. The molecule has 2 heterocycles. The van der Waals surface area contributed by atoms with Gasteiger partial charge in [0, 0.05) is 47.8 Å². The third-order valence-electron chi connectivity index (χ3n) is 11.3. The molecule has 0 unspecified atom stereocenters. The van der Waals surface area contributed by atoms with E-state index < -0.39 is 17.4 Å². The summed E-state index contributed by atoms with van der Waals surface area (Å²) in [6.07, 6.45) is 2.11. The second kappa shape index (κ2) is 12.1. The molecule has 0 spiro atoms. The lowest BCUT2D eigenvalue weighted by atomic mass is 9.75. The highest BCUT2D eigenvalue weighted by molar-refractivity contribution is 6.00. The Morgan fingerprint density at radius 3 is 1.22 bits per heavy atom. The molecule has 3 rings (SSSR count). The van der Waals surface area contributed by atoms with Crippen LogP contribution in [0.15, 0.2) is 12.1 Å². The van der Waals surface area contributed by atoms with Crippen molar-refractivity contribution < 1.29 is 24.2 Å². The van der Waals surface area contributed by atoms with Crippen molar-refractivity contribution in [3.63, 3.8) is 0 Å². The molecule has 1 aromatic rings. The van der Waals surface area contributed by atoms with Crippen LogP contribution in [0.5, 0.6) is 5.75 Å². The molecule has 0 atom stereocenters. The number of likely N-dealkylation sites (tertiary alicyclic amines) is 2. The van der Waals surface area contributed by atoms with Crippen molar-refractivity contribution >= 4 is 11.9 Å². The van der Waals surface area contributed by atoms with Crippen molar-refractivity contribution in [2.75, 3.05) is 14.1 Å². The first-order valence-corrected chi connectivity index (χ1v) is 17.2. The van der Waals surface area contributed by atoms with Gasteiger partial charge >= 0.3 is 11.9 Å². The molecule has 7 heteroatoms. The van der Waals surface area contributed by atoms with E-state index in [1.165, 1.54) is 0 Å². The van der Waals surface area contributed by atoms with Gasteiger partial charge < -0.3 is 14.6 Å². The first-order chi connectivity index (χ1) is 20.4. The smallest absolute Gasteiger partial charge is 0.323 e. The van der Waals surface area contributed by atoms with Crippen molar-refractivity contribution in [2.24, 2.45) is 5.41 Å². The molecule has 0 radical (unpaired) electrons. The van der Waals surface area contributed by atoms with E-state index >= 15 is 0 Å². The van der Waals surface area contributed by atoms with E-state index in [0.717, 1.165) is 16.7 Å². The standard InChI is InChI=1S/C39H66N2O5/c1-33(2,3)28-18-25(19-29(30(28)42)34(4,5)6)20-39(15,31(43)45-26-21-35(7,8)40(16)36(9,10)22-26)32(44)46-27-23-37(11,12)41(17)38(13,14)24-27/h18-19,26-27,42H,20-24H2,1-17H3. The summed E-state index contributed by atoms with van der Waals surface area (Å²) in [6, 6.07) is 3.90. The number of hydrogen-bond acceptors (Lipinski definition) is 7. The minimum Gasteiger partial charge on any atom is -0.507 e. The molecule has 262 valence electrons. The van der Waals surface area contributed by atoms with E-state index in [4.69, 9.17) is 9.47 Å². The van der Waals surface area contributed by atoms with E-state index in [0.29, 0.717) is 25.7 Å². The number of aromatic hydroxyl groups is 1. The van der Waals surface area contributed by atoms with Gasteiger partial charge in [0.05, 0.1) is 0 Å². The van der Waals surface area contributed by atoms with E-state index in [1.54, 1.807) is 6.92 Å². The monoisotopic (exact) mass is 642 g/mol. The van der Waals surface area contributed by atoms with Crippen LogP contribution in [-0.4, -0.2) is 75.3 Å². The summed E-state index contributed by atoms with van der Waals surface area (Å²) in [7, 11) is 4.24. The molecule has 0 aliphatic carbocycles. The maximum absolute atomic E-state index is 14.5. The highest BCUT2D eigenvalue weighted by Crippen LogP contribution is 2.44. The van der Waals surface area contributed by atoms with Crippen LogP contribution in [0.2, 0.25) is 0 Å². The summed E-state index contributed by atoms with van der Waals surface area (Å²) in [5.41, 5.74) is -0.655. The number of phenolic OH excluding ortho intramolecular Hbond substituents is 1. The maximum atomic E-state index is 14.5. The number of carbonyl (C=O) groups is 2. The predicted molar refractivity (Wildman–Crippen MR) is 187 cm³/mol. The maximum Gasteiger partial charge on any atom is 0.323 e. The Balaban J connectivity index is 2.09. The van der Waals surface area contributed by atoms with Crippen LogP contribution in [0.25, 0.3) is 0 Å². The van der Waals surface area contributed by atoms with Gasteiger partial charge in [-0.2, -0.15) is 0 Å². The quantitative estimate of drug-likeness (QED) is 0.249. The molecule has 7 nitrogen and oxygen atoms in total. The van der Waals surface area contributed by atoms with Gasteiger partial charge in [0.2, 0.25) is 0 Å². The molecular formula is C39H66N2O5. The van der Waals surface area contributed by atoms with Gasteiger partial charge in [-0.3, -0.25) is 19.4 Å². The molecule has 0 amide bonds. The van der Waals surface area contributed by atoms with Gasteiger partial charge in [-0.1, -0.05) is 53.7 Å².